The van der Waals surface area contributed by atoms with Crippen LogP contribution in [0.4, 0.5) is 25.8 Å². The first-order valence-electron chi connectivity index (χ1n) is 8.82. The van der Waals surface area contributed by atoms with Gasteiger partial charge in [-0.25, -0.2) is 8.78 Å². The largest absolute Gasteiger partial charge is 0.381 e. The molecule has 0 aliphatic carbocycles. The van der Waals surface area contributed by atoms with Crippen LogP contribution in [-0.2, 0) is 9.53 Å². The molecule has 2 aliphatic heterocycles. The Labute approximate surface area is 155 Å². The number of anilines is 3. The molecule has 1 amide bonds. The molecule has 4 rings (SSSR count). The number of nitrogens with one attached hydrogen (secondary N) is 3. The van der Waals surface area contributed by atoms with E-state index in [4.69, 9.17) is 4.74 Å². The van der Waals surface area contributed by atoms with Crippen molar-refractivity contribution < 1.29 is 18.3 Å². The molecular formula is C20H19F2N3O2. The van der Waals surface area contributed by atoms with Crippen LogP contribution in [0.15, 0.2) is 42.6 Å². The predicted octanol–water partition coefficient (Wildman–Crippen LogP) is 3.96. The molecule has 0 saturated carbocycles. The zero-order valence-electron chi connectivity index (χ0n) is 14.5. The van der Waals surface area contributed by atoms with Gasteiger partial charge < -0.3 is 20.7 Å². The summed E-state index contributed by atoms with van der Waals surface area (Å²) in [6, 6.07) is 9.03. The van der Waals surface area contributed by atoms with Crippen LogP contribution in [0.2, 0.25) is 0 Å². The van der Waals surface area contributed by atoms with Crippen molar-refractivity contribution in [3.05, 3.63) is 59.8 Å². The van der Waals surface area contributed by atoms with Gasteiger partial charge in [0.2, 0.25) is 0 Å². The molecule has 3 N–H and O–H groups in total. The van der Waals surface area contributed by atoms with Crippen molar-refractivity contribution in [3.63, 3.8) is 0 Å². The summed E-state index contributed by atoms with van der Waals surface area (Å²) in [5.74, 6) is -1.14. The second kappa shape index (κ2) is 7.36. The smallest absolute Gasteiger partial charge is 0.257 e. The lowest BCUT2D eigenvalue weighted by atomic mass is 10.1. The minimum absolute atomic E-state index is 0.197. The van der Waals surface area contributed by atoms with Crippen molar-refractivity contribution in [3.8, 4) is 0 Å². The maximum atomic E-state index is 14.4. The summed E-state index contributed by atoms with van der Waals surface area (Å²) < 4.78 is 33.2. The molecule has 0 aromatic heterocycles. The van der Waals surface area contributed by atoms with E-state index in [-0.39, 0.29) is 17.8 Å². The highest BCUT2D eigenvalue weighted by Gasteiger charge is 2.24. The van der Waals surface area contributed by atoms with Gasteiger partial charge in [-0.15, -0.1) is 0 Å². The van der Waals surface area contributed by atoms with E-state index in [0.717, 1.165) is 12.8 Å². The van der Waals surface area contributed by atoms with Crippen molar-refractivity contribution in [2.75, 3.05) is 29.2 Å². The third-order valence-electron chi connectivity index (χ3n) is 4.70. The first-order valence-corrected chi connectivity index (χ1v) is 8.82. The Bertz CT molecular complexity index is 908. The number of benzene rings is 2. The highest BCUT2D eigenvalue weighted by molar-refractivity contribution is 6.31. The number of fused-ring (bicyclic) bond motifs is 1. The summed E-state index contributed by atoms with van der Waals surface area (Å²) in [5, 5.41) is 8.78. The Morgan fingerprint density at radius 2 is 1.93 bits per heavy atom. The number of ether oxygens (including phenoxy) is 1. The quantitative estimate of drug-likeness (QED) is 0.712. The fraction of sp³-hybridized carbons (Fsp3) is 0.250. The molecule has 140 valence electrons. The molecule has 0 unspecified atom stereocenters. The fourth-order valence-corrected chi connectivity index (χ4v) is 3.24. The van der Waals surface area contributed by atoms with E-state index in [0.29, 0.717) is 41.4 Å². The SMILES string of the molecule is O=C1Nc2ccc(F)cc2C1=CNc1ccc(NC2CCOCC2)c(F)c1. The van der Waals surface area contributed by atoms with E-state index in [2.05, 4.69) is 16.0 Å². The number of halogens is 2. The lowest BCUT2D eigenvalue weighted by Crippen LogP contribution is -2.28. The molecule has 2 heterocycles. The number of hydrogen-bond donors (Lipinski definition) is 3. The van der Waals surface area contributed by atoms with Gasteiger partial charge in [-0.05, 0) is 49.2 Å². The number of hydrogen-bond acceptors (Lipinski definition) is 4. The van der Waals surface area contributed by atoms with Crippen molar-refractivity contribution in [2.24, 2.45) is 0 Å². The number of carbonyl (C=O) groups is 1. The topological polar surface area (TPSA) is 62.4 Å². The average Bonchev–Trinajstić information content (AvgIpc) is 2.97. The minimum atomic E-state index is -0.425. The summed E-state index contributed by atoms with van der Waals surface area (Å²) in [7, 11) is 0. The highest BCUT2D eigenvalue weighted by Crippen LogP contribution is 2.32. The maximum Gasteiger partial charge on any atom is 0.257 e. The molecule has 1 fully saturated rings. The number of amides is 1. The van der Waals surface area contributed by atoms with Crippen LogP contribution in [0.1, 0.15) is 18.4 Å². The molecule has 1 saturated heterocycles. The first kappa shape index (κ1) is 17.5. The van der Waals surface area contributed by atoms with Crippen molar-refractivity contribution in [1.29, 1.82) is 0 Å². The summed E-state index contributed by atoms with van der Waals surface area (Å²) >= 11 is 0. The van der Waals surface area contributed by atoms with E-state index < -0.39 is 5.82 Å². The van der Waals surface area contributed by atoms with Gasteiger partial charge in [-0.3, -0.25) is 4.79 Å². The van der Waals surface area contributed by atoms with E-state index >= 15 is 0 Å². The van der Waals surface area contributed by atoms with Gasteiger partial charge in [0.25, 0.3) is 5.91 Å². The molecule has 7 heteroatoms. The Hall–Kier alpha value is -2.93. The normalized spacial score (nSPS) is 18.3. The van der Waals surface area contributed by atoms with Gasteiger partial charge in [0.1, 0.15) is 11.6 Å². The second-order valence-corrected chi connectivity index (χ2v) is 6.57. The summed E-state index contributed by atoms with van der Waals surface area (Å²) in [4.78, 5) is 12.1. The Morgan fingerprint density at radius 1 is 1.11 bits per heavy atom. The molecule has 0 radical (unpaired) electrons. The highest BCUT2D eigenvalue weighted by atomic mass is 19.1. The number of carbonyl (C=O) groups excluding carboxylic acids is 1. The van der Waals surface area contributed by atoms with E-state index in [1.807, 2.05) is 0 Å². The van der Waals surface area contributed by atoms with Gasteiger partial charge in [0.15, 0.2) is 0 Å². The third kappa shape index (κ3) is 3.78. The fourth-order valence-electron chi connectivity index (χ4n) is 3.24. The molecule has 0 bridgehead atoms. The van der Waals surface area contributed by atoms with Crippen LogP contribution >= 0.6 is 0 Å². The van der Waals surface area contributed by atoms with E-state index in [9.17, 15) is 13.6 Å². The minimum Gasteiger partial charge on any atom is -0.381 e. The van der Waals surface area contributed by atoms with Crippen LogP contribution in [0.25, 0.3) is 5.57 Å². The lowest BCUT2D eigenvalue weighted by molar-refractivity contribution is -0.110. The molecule has 2 aromatic carbocycles. The van der Waals surface area contributed by atoms with Crippen LogP contribution in [0.3, 0.4) is 0 Å². The van der Waals surface area contributed by atoms with Crippen LogP contribution < -0.4 is 16.0 Å². The van der Waals surface area contributed by atoms with Crippen molar-refractivity contribution in [1.82, 2.24) is 0 Å². The lowest BCUT2D eigenvalue weighted by Gasteiger charge is -2.24. The van der Waals surface area contributed by atoms with Gasteiger partial charge >= 0.3 is 0 Å². The Kier molecular flexibility index (Phi) is 4.77. The van der Waals surface area contributed by atoms with Gasteiger partial charge in [-0.1, -0.05) is 0 Å². The molecule has 27 heavy (non-hydrogen) atoms. The van der Waals surface area contributed by atoms with Crippen LogP contribution in [-0.4, -0.2) is 25.2 Å². The van der Waals surface area contributed by atoms with Crippen molar-refractivity contribution >= 4 is 28.5 Å². The molecule has 5 nitrogen and oxygen atoms in total. The zero-order chi connectivity index (χ0) is 18.8. The molecule has 2 aromatic rings. The summed E-state index contributed by atoms with van der Waals surface area (Å²) in [6.07, 6.45) is 3.15. The first-order chi connectivity index (χ1) is 13.1. The molecule has 0 spiro atoms. The Morgan fingerprint density at radius 3 is 2.70 bits per heavy atom. The molecular weight excluding hydrogens is 352 g/mol. The number of rotatable bonds is 4. The predicted molar refractivity (Wildman–Crippen MR) is 100 cm³/mol. The summed E-state index contributed by atoms with van der Waals surface area (Å²) in [6.45, 7) is 1.35. The third-order valence-corrected chi connectivity index (χ3v) is 4.70. The molecule has 2 aliphatic rings. The standard InChI is InChI=1S/C20H19F2N3O2/c21-12-1-3-18-15(9-12)16(20(26)25-18)11-23-14-2-4-19(17(22)10-14)24-13-5-7-27-8-6-13/h1-4,9-11,13,23-24H,5-8H2,(H,25,26). The van der Waals surface area contributed by atoms with Crippen LogP contribution in [0.5, 0.6) is 0 Å². The van der Waals surface area contributed by atoms with Gasteiger partial charge in [0.05, 0.1) is 11.3 Å². The van der Waals surface area contributed by atoms with E-state index in [1.54, 1.807) is 12.1 Å². The average molecular weight is 371 g/mol. The second-order valence-electron chi connectivity index (χ2n) is 6.57. The molecule has 0 atom stereocenters. The van der Waals surface area contributed by atoms with Gasteiger partial charge in [0, 0.05) is 42.4 Å². The zero-order valence-corrected chi connectivity index (χ0v) is 14.5. The van der Waals surface area contributed by atoms with Crippen molar-refractivity contribution in [2.45, 2.75) is 18.9 Å². The summed E-state index contributed by atoms with van der Waals surface area (Å²) in [5.41, 5.74) is 2.26. The maximum absolute atomic E-state index is 14.4. The monoisotopic (exact) mass is 371 g/mol. The van der Waals surface area contributed by atoms with Crippen LogP contribution in [0, 0.1) is 11.6 Å². The van der Waals surface area contributed by atoms with Gasteiger partial charge in [-0.2, -0.15) is 0 Å². The van der Waals surface area contributed by atoms with E-state index in [1.165, 1.54) is 30.5 Å². The Balaban J connectivity index is 1.49.